The van der Waals surface area contributed by atoms with Crippen LogP contribution in [0.5, 0.6) is 0 Å². The molecular weight excluding hydrogens is 328 g/mol. The van der Waals surface area contributed by atoms with Crippen LogP contribution in [0.2, 0.25) is 0 Å². The Labute approximate surface area is 151 Å². The summed E-state index contributed by atoms with van der Waals surface area (Å²) in [4.78, 5) is 14.0. The van der Waals surface area contributed by atoms with Crippen LogP contribution >= 0.6 is 0 Å². The summed E-state index contributed by atoms with van der Waals surface area (Å²) in [6.07, 6.45) is 3.43. The maximum Gasteiger partial charge on any atom is 0.222 e. The third-order valence-corrected chi connectivity index (χ3v) is 4.51. The molecule has 0 bridgehead atoms. The van der Waals surface area contributed by atoms with Crippen LogP contribution in [0.1, 0.15) is 28.3 Å². The zero-order valence-corrected chi connectivity index (χ0v) is 14.6. The highest BCUT2D eigenvalue weighted by Gasteiger charge is 2.19. The highest BCUT2D eigenvalue weighted by atomic mass is 15.3. The average Bonchev–Trinajstić information content (AvgIpc) is 3.23. The first-order chi connectivity index (χ1) is 12.7. The second-order valence-corrected chi connectivity index (χ2v) is 6.43. The molecule has 0 atom stereocenters. The van der Waals surface area contributed by atoms with Crippen LogP contribution in [0.4, 0.5) is 5.95 Å². The highest BCUT2D eigenvalue weighted by Crippen LogP contribution is 2.18. The normalized spacial score (nSPS) is 14.0. The van der Waals surface area contributed by atoms with Gasteiger partial charge in [0.25, 0.3) is 0 Å². The van der Waals surface area contributed by atoms with Gasteiger partial charge >= 0.3 is 0 Å². The molecule has 1 aliphatic heterocycles. The molecule has 8 heteroatoms. The molecule has 26 heavy (non-hydrogen) atoms. The number of aromatic nitrogens is 5. The molecule has 1 aliphatic rings. The molecule has 0 radical (unpaired) electrons. The maximum atomic E-state index is 9.09. The Morgan fingerprint density at radius 3 is 2.88 bits per heavy atom. The number of hydrogen-bond donors (Lipinski definition) is 2. The van der Waals surface area contributed by atoms with Crippen molar-refractivity contribution in [2.75, 3.05) is 11.9 Å². The predicted molar refractivity (Wildman–Crippen MR) is 95.9 cm³/mol. The van der Waals surface area contributed by atoms with Gasteiger partial charge in [0.1, 0.15) is 6.07 Å². The van der Waals surface area contributed by atoms with E-state index in [1.807, 2.05) is 13.0 Å². The summed E-state index contributed by atoms with van der Waals surface area (Å²) in [5.74, 6) is 0.607. The molecule has 0 aromatic carbocycles. The zero-order valence-electron chi connectivity index (χ0n) is 14.6. The first kappa shape index (κ1) is 16.3. The smallest absolute Gasteiger partial charge is 0.222 e. The minimum absolute atomic E-state index is 0.603. The Bertz CT molecular complexity index is 934. The van der Waals surface area contributed by atoms with Crippen molar-refractivity contribution in [2.45, 2.75) is 33.1 Å². The van der Waals surface area contributed by atoms with Crippen molar-refractivity contribution in [1.82, 2.24) is 29.6 Å². The summed E-state index contributed by atoms with van der Waals surface area (Å²) >= 11 is 0. The molecule has 0 spiro atoms. The molecule has 8 nitrogen and oxygen atoms in total. The molecule has 4 heterocycles. The third-order valence-electron chi connectivity index (χ3n) is 4.51. The Hall–Kier alpha value is -3.18. The second-order valence-electron chi connectivity index (χ2n) is 6.43. The number of aryl methyl sites for hydroxylation is 1. The Balaban J connectivity index is 1.39. The van der Waals surface area contributed by atoms with Crippen molar-refractivity contribution < 1.29 is 0 Å². The van der Waals surface area contributed by atoms with Crippen LogP contribution < -0.4 is 5.32 Å². The number of fused-ring (bicyclic) bond motifs is 1. The van der Waals surface area contributed by atoms with Crippen molar-refractivity contribution in [2.24, 2.45) is 0 Å². The van der Waals surface area contributed by atoms with Crippen LogP contribution in [-0.2, 0) is 26.2 Å². The molecule has 0 saturated heterocycles. The van der Waals surface area contributed by atoms with Gasteiger partial charge in [0.15, 0.2) is 0 Å². The highest BCUT2D eigenvalue weighted by molar-refractivity contribution is 5.36. The molecule has 2 N–H and O–H groups in total. The molecule has 4 rings (SSSR count). The van der Waals surface area contributed by atoms with Gasteiger partial charge in [-0.15, -0.1) is 0 Å². The van der Waals surface area contributed by atoms with E-state index in [2.05, 4.69) is 47.1 Å². The quantitative estimate of drug-likeness (QED) is 0.730. The standard InChI is InChI=1S/C18H20N8/c1-13-14(9-19)7-16(23-13)11-25-5-6-26-17(12-25)8-15(24-26)10-22-18-20-3-2-4-21-18/h2-4,7-8,23H,5-6,10-12H2,1H3,(H,20,21,22). The van der Waals surface area contributed by atoms with Crippen LogP contribution in [-0.4, -0.2) is 36.2 Å². The van der Waals surface area contributed by atoms with Gasteiger partial charge in [-0.3, -0.25) is 9.58 Å². The van der Waals surface area contributed by atoms with E-state index in [1.165, 1.54) is 5.69 Å². The van der Waals surface area contributed by atoms with E-state index < -0.39 is 0 Å². The first-order valence-electron chi connectivity index (χ1n) is 8.58. The molecule has 3 aromatic heterocycles. The number of aromatic amines is 1. The lowest BCUT2D eigenvalue weighted by Gasteiger charge is -2.26. The van der Waals surface area contributed by atoms with Gasteiger partial charge in [-0.25, -0.2) is 9.97 Å². The number of nitrogens with one attached hydrogen (secondary N) is 2. The minimum atomic E-state index is 0.603. The van der Waals surface area contributed by atoms with Crippen molar-refractivity contribution in [3.8, 4) is 6.07 Å². The Morgan fingerprint density at radius 1 is 1.27 bits per heavy atom. The summed E-state index contributed by atoms with van der Waals surface area (Å²) < 4.78 is 2.07. The van der Waals surface area contributed by atoms with Gasteiger partial charge in [-0.05, 0) is 25.1 Å². The van der Waals surface area contributed by atoms with Crippen LogP contribution in [0.3, 0.4) is 0 Å². The summed E-state index contributed by atoms with van der Waals surface area (Å²) in [6, 6.07) is 8.08. The SMILES string of the molecule is Cc1[nH]c(CN2CCn3nc(CNc4ncccn4)cc3C2)cc1C#N. The fourth-order valence-corrected chi connectivity index (χ4v) is 3.23. The number of H-pyrrole nitrogens is 1. The fraction of sp³-hybridized carbons (Fsp3) is 0.333. The lowest BCUT2D eigenvalue weighted by molar-refractivity contribution is 0.203. The molecule has 0 aliphatic carbocycles. The molecular formula is C18H20N8. The molecule has 132 valence electrons. The van der Waals surface area contributed by atoms with E-state index in [-0.39, 0.29) is 0 Å². The third kappa shape index (κ3) is 3.43. The summed E-state index contributed by atoms with van der Waals surface area (Å²) in [7, 11) is 0. The van der Waals surface area contributed by atoms with Gasteiger partial charge < -0.3 is 10.3 Å². The zero-order chi connectivity index (χ0) is 17.9. The van der Waals surface area contributed by atoms with Gasteiger partial charge in [0.2, 0.25) is 5.95 Å². The number of anilines is 1. The minimum Gasteiger partial charge on any atom is -0.360 e. The van der Waals surface area contributed by atoms with Crippen molar-refractivity contribution >= 4 is 5.95 Å². The van der Waals surface area contributed by atoms with Gasteiger partial charge in [0, 0.05) is 43.4 Å². The molecule has 0 saturated carbocycles. The van der Waals surface area contributed by atoms with E-state index in [4.69, 9.17) is 5.26 Å². The predicted octanol–water partition coefficient (Wildman–Crippen LogP) is 1.81. The largest absolute Gasteiger partial charge is 0.360 e. The fourth-order valence-electron chi connectivity index (χ4n) is 3.23. The van der Waals surface area contributed by atoms with Crippen LogP contribution in [0, 0.1) is 18.3 Å². The van der Waals surface area contributed by atoms with Crippen molar-refractivity contribution in [1.29, 1.82) is 5.26 Å². The van der Waals surface area contributed by atoms with Crippen LogP contribution in [0.15, 0.2) is 30.6 Å². The number of rotatable bonds is 5. The number of hydrogen-bond acceptors (Lipinski definition) is 6. The van der Waals surface area contributed by atoms with E-state index >= 15 is 0 Å². The van der Waals surface area contributed by atoms with Gasteiger partial charge in [0.05, 0.1) is 30.0 Å². The van der Waals surface area contributed by atoms with Crippen LogP contribution in [0.25, 0.3) is 0 Å². The average molecular weight is 348 g/mol. The van der Waals surface area contributed by atoms with Gasteiger partial charge in [-0.2, -0.15) is 10.4 Å². The first-order valence-corrected chi connectivity index (χ1v) is 8.58. The summed E-state index contributed by atoms with van der Waals surface area (Å²) in [5, 5.41) is 16.9. The molecule has 0 fully saturated rings. The second kappa shape index (κ2) is 6.98. The topological polar surface area (TPSA) is 98.4 Å². The van der Waals surface area contributed by atoms with E-state index in [9.17, 15) is 0 Å². The maximum absolute atomic E-state index is 9.09. The van der Waals surface area contributed by atoms with Gasteiger partial charge in [-0.1, -0.05) is 0 Å². The molecule has 3 aromatic rings. The van der Waals surface area contributed by atoms with Crippen molar-refractivity contribution in [3.63, 3.8) is 0 Å². The molecule has 0 unspecified atom stereocenters. The van der Waals surface area contributed by atoms with E-state index in [1.54, 1.807) is 18.5 Å². The molecule has 0 amide bonds. The summed E-state index contributed by atoms with van der Waals surface area (Å²) in [6.45, 7) is 5.98. The Morgan fingerprint density at radius 2 is 2.12 bits per heavy atom. The monoisotopic (exact) mass is 348 g/mol. The number of nitrogens with zero attached hydrogens (tertiary/aromatic N) is 6. The number of nitriles is 1. The van der Waals surface area contributed by atoms with Crippen molar-refractivity contribution in [3.05, 3.63) is 58.9 Å². The van der Waals surface area contributed by atoms with E-state index in [0.717, 1.165) is 48.8 Å². The Kier molecular flexibility index (Phi) is 4.37. The van der Waals surface area contributed by atoms with E-state index in [0.29, 0.717) is 12.5 Å². The lowest BCUT2D eigenvalue weighted by atomic mass is 10.2. The lowest BCUT2D eigenvalue weighted by Crippen LogP contribution is -2.33. The summed E-state index contributed by atoms with van der Waals surface area (Å²) in [5.41, 5.74) is 4.91.